The summed E-state index contributed by atoms with van der Waals surface area (Å²) in [5, 5.41) is 0. The Hall–Kier alpha value is -1.56. The second-order valence-electron chi connectivity index (χ2n) is 9.30. The van der Waals surface area contributed by atoms with Gasteiger partial charge in [0.15, 0.2) is 0 Å². The number of aryl methyl sites for hydroxylation is 2. The molecule has 0 heterocycles. The number of hydrogen-bond donors (Lipinski definition) is 0. The van der Waals surface area contributed by atoms with Gasteiger partial charge in [-0.2, -0.15) is 0 Å². The summed E-state index contributed by atoms with van der Waals surface area (Å²) in [5.74, 6) is 0. The second kappa shape index (κ2) is 4.97. The Morgan fingerprint density at radius 1 is 0.625 bits per heavy atom. The second-order valence-corrected chi connectivity index (χ2v) is 9.30. The molecule has 0 fully saturated rings. The molecule has 0 atom stereocenters. The van der Waals surface area contributed by atoms with Gasteiger partial charge < -0.3 is 0 Å². The van der Waals surface area contributed by atoms with Gasteiger partial charge in [-0.3, -0.25) is 0 Å². The van der Waals surface area contributed by atoms with Crippen LogP contribution in [0.25, 0.3) is 0 Å². The van der Waals surface area contributed by atoms with Crippen LogP contribution in [0.1, 0.15) is 81.3 Å². The Balaban J connectivity index is 0.00000169. The highest BCUT2D eigenvalue weighted by molar-refractivity contribution is 5.60. The van der Waals surface area contributed by atoms with Crippen molar-refractivity contribution in [3.05, 3.63) is 69.8 Å². The summed E-state index contributed by atoms with van der Waals surface area (Å²) in [7, 11) is 0. The van der Waals surface area contributed by atoms with Crippen LogP contribution in [0.15, 0.2) is 36.4 Å². The Kier molecular flexibility index (Phi) is 3.58. The predicted molar refractivity (Wildman–Crippen MR) is 105 cm³/mol. The van der Waals surface area contributed by atoms with Crippen LogP contribution >= 0.6 is 0 Å². The molecule has 128 valence electrons. The standard InChI is InChI=1S/C23H28.CH4/c1-15-7-9-17-19(11-15)23(13-21(17,3)4)14-22(5,6)18-10-8-16(2)12-20(18)23;/h7-12H,13-14H2,1-6H3;1H4. The summed E-state index contributed by atoms with van der Waals surface area (Å²) < 4.78 is 0. The highest BCUT2D eigenvalue weighted by Crippen LogP contribution is 2.62. The maximum Gasteiger partial charge on any atom is 0.0225 e. The summed E-state index contributed by atoms with van der Waals surface area (Å²) in [5.41, 5.74) is 9.81. The summed E-state index contributed by atoms with van der Waals surface area (Å²) in [6.45, 7) is 14.2. The molecule has 0 aromatic heterocycles. The molecule has 2 aromatic carbocycles. The summed E-state index contributed by atoms with van der Waals surface area (Å²) in [6, 6.07) is 14.3. The fourth-order valence-electron chi connectivity index (χ4n) is 5.58. The lowest BCUT2D eigenvalue weighted by Crippen LogP contribution is -2.27. The highest BCUT2D eigenvalue weighted by atomic mass is 14.6. The molecule has 0 heteroatoms. The Morgan fingerprint density at radius 2 is 1.00 bits per heavy atom. The average molecular weight is 321 g/mol. The summed E-state index contributed by atoms with van der Waals surface area (Å²) in [4.78, 5) is 0. The molecule has 0 unspecified atom stereocenters. The van der Waals surface area contributed by atoms with E-state index in [1.165, 1.54) is 24.0 Å². The molecule has 0 saturated heterocycles. The van der Waals surface area contributed by atoms with Gasteiger partial charge >= 0.3 is 0 Å². The first-order chi connectivity index (χ1) is 10.7. The van der Waals surface area contributed by atoms with Gasteiger partial charge in [0.05, 0.1) is 0 Å². The van der Waals surface area contributed by atoms with Crippen LogP contribution in [0.4, 0.5) is 0 Å². The van der Waals surface area contributed by atoms with E-state index in [0.29, 0.717) is 0 Å². The molecule has 0 nitrogen and oxygen atoms in total. The van der Waals surface area contributed by atoms with E-state index in [1.54, 1.807) is 22.3 Å². The molecule has 0 bridgehead atoms. The number of fused-ring (bicyclic) bond motifs is 4. The lowest BCUT2D eigenvalue weighted by atomic mass is 9.72. The molecule has 1 spiro atoms. The lowest BCUT2D eigenvalue weighted by Gasteiger charge is -2.30. The molecule has 24 heavy (non-hydrogen) atoms. The molecule has 0 aliphatic heterocycles. The van der Waals surface area contributed by atoms with Crippen molar-refractivity contribution in [3.8, 4) is 0 Å². The third kappa shape index (κ3) is 2.11. The molecule has 2 aliphatic carbocycles. The smallest absolute Gasteiger partial charge is 0.0225 e. The highest BCUT2D eigenvalue weighted by Gasteiger charge is 2.55. The van der Waals surface area contributed by atoms with Gasteiger partial charge in [-0.25, -0.2) is 0 Å². The van der Waals surface area contributed by atoms with E-state index in [0.717, 1.165) is 0 Å². The van der Waals surface area contributed by atoms with Crippen LogP contribution in [0.5, 0.6) is 0 Å². The summed E-state index contributed by atoms with van der Waals surface area (Å²) >= 11 is 0. The first-order valence-electron chi connectivity index (χ1n) is 8.89. The van der Waals surface area contributed by atoms with E-state index >= 15 is 0 Å². The fourth-order valence-corrected chi connectivity index (χ4v) is 5.58. The van der Waals surface area contributed by atoms with E-state index in [4.69, 9.17) is 0 Å². The van der Waals surface area contributed by atoms with Gasteiger partial charge in [0.2, 0.25) is 0 Å². The first-order valence-corrected chi connectivity index (χ1v) is 8.89. The normalized spacial score (nSPS) is 21.2. The van der Waals surface area contributed by atoms with Gasteiger partial charge in [-0.05, 0) is 59.8 Å². The van der Waals surface area contributed by atoms with Gasteiger partial charge in [0.1, 0.15) is 0 Å². The zero-order chi connectivity index (χ0) is 16.6. The first kappa shape index (κ1) is 17.3. The Morgan fingerprint density at radius 3 is 1.38 bits per heavy atom. The third-order valence-electron chi connectivity index (χ3n) is 6.33. The minimum Gasteiger partial charge on any atom is -0.0776 e. The van der Waals surface area contributed by atoms with Crippen LogP contribution in [-0.4, -0.2) is 0 Å². The molecule has 0 N–H and O–H groups in total. The van der Waals surface area contributed by atoms with Crippen molar-refractivity contribution >= 4 is 0 Å². The Bertz CT molecular complexity index is 735. The predicted octanol–water partition coefficient (Wildman–Crippen LogP) is 6.59. The van der Waals surface area contributed by atoms with Crippen LogP contribution in [-0.2, 0) is 16.2 Å². The average Bonchev–Trinajstić information content (AvgIpc) is 2.78. The van der Waals surface area contributed by atoms with Gasteiger partial charge in [0.25, 0.3) is 0 Å². The number of rotatable bonds is 0. The molecule has 0 saturated carbocycles. The Labute approximate surface area is 148 Å². The van der Waals surface area contributed by atoms with Crippen molar-refractivity contribution < 1.29 is 0 Å². The number of benzene rings is 2. The maximum absolute atomic E-state index is 2.47. The van der Waals surface area contributed by atoms with Crippen molar-refractivity contribution in [2.24, 2.45) is 0 Å². The van der Waals surface area contributed by atoms with E-state index in [1.807, 2.05) is 0 Å². The van der Waals surface area contributed by atoms with Crippen molar-refractivity contribution in [2.75, 3.05) is 0 Å². The van der Waals surface area contributed by atoms with E-state index in [9.17, 15) is 0 Å². The van der Waals surface area contributed by atoms with Crippen LogP contribution < -0.4 is 0 Å². The largest absolute Gasteiger partial charge is 0.0776 e. The number of hydrogen-bond acceptors (Lipinski definition) is 0. The van der Waals surface area contributed by atoms with Crippen LogP contribution in [0, 0.1) is 13.8 Å². The van der Waals surface area contributed by atoms with E-state index in [2.05, 4.69) is 77.9 Å². The van der Waals surface area contributed by atoms with E-state index < -0.39 is 0 Å². The molecular weight excluding hydrogens is 288 g/mol. The molecule has 2 aliphatic rings. The van der Waals surface area contributed by atoms with Crippen molar-refractivity contribution in [2.45, 2.75) is 78.1 Å². The minimum absolute atomic E-state index is 0. The monoisotopic (exact) mass is 320 g/mol. The summed E-state index contributed by atoms with van der Waals surface area (Å²) in [6.07, 6.45) is 2.47. The molecule has 2 aromatic rings. The van der Waals surface area contributed by atoms with Crippen molar-refractivity contribution in [3.63, 3.8) is 0 Å². The minimum atomic E-state index is 0. The van der Waals surface area contributed by atoms with E-state index in [-0.39, 0.29) is 23.7 Å². The SMILES string of the molecule is C.Cc1ccc2c(c1)C1(CC2(C)C)CC(C)(C)c2ccc(C)cc21. The van der Waals surface area contributed by atoms with Crippen molar-refractivity contribution in [1.82, 2.24) is 0 Å². The van der Waals surface area contributed by atoms with Crippen LogP contribution in [0.3, 0.4) is 0 Å². The fraction of sp³-hybridized carbons (Fsp3) is 0.500. The molecule has 0 amide bonds. The van der Waals surface area contributed by atoms with Crippen LogP contribution in [0.2, 0.25) is 0 Å². The molecule has 0 radical (unpaired) electrons. The molecule has 4 rings (SSSR count). The van der Waals surface area contributed by atoms with Gasteiger partial charge in [-0.15, -0.1) is 0 Å². The zero-order valence-corrected chi connectivity index (χ0v) is 15.4. The van der Waals surface area contributed by atoms with Crippen molar-refractivity contribution in [1.29, 1.82) is 0 Å². The third-order valence-corrected chi connectivity index (χ3v) is 6.33. The quantitative estimate of drug-likeness (QED) is 0.514. The van der Waals surface area contributed by atoms with Gasteiger partial charge in [-0.1, -0.05) is 82.6 Å². The van der Waals surface area contributed by atoms with Gasteiger partial charge in [0, 0.05) is 5.41 Å². The molecular formula is C24H32. The zero-order valence-electron chi connectivity index (χ0n) is 15.4. The topological polar surface area (TPSA) is 0 Å². The maximum atomic E-state index is 2.47. The lowest BCUT2D eigenvalue weighted by molar-refractivity contribution is 0.349.